The molecule has 0 bridgehead atoms. The maximum absolute atomic E-state index is 12.5. The van der Waals surface area contributed by atoms with Crippen molar-refractivity contribution in [1.82, 2.24) is 10.6 Å². The Morgan fingerprint density at radius 1 is 1.03 bits per heavy atom. The average Bonchev–Trinajstić information content (AvgIpc) is 2.70. The number of anilines is 1. The summed E-state index contributed by atoms with van der Waals surface area (Å²) in [6.07, 6.45) is 5.94. The Bertz CT molecular complexity index is 891. The molecule has 0 atom stereocenters. The van der Waals surface area contributed by atoms with Crippen LogP contribution in [0.2, 0.25) is 0 Å². The highest BCUT2D eigenvalue weighted by atomic mass is 32.1. The van der Waals surface area contributed by atoms with Gasteiger partial charge in [-0.3, -0.25) is 9.59 Å². The van der Waals surface area contributed by atoms with Crippen molar-refractivity contribution in [3.8, 4) is 0 Å². The van der Waals surface area contributed by atoms with Gasteiger partial charge >= 0.3 is 0 Å². The monoisotopic (exact) mass is 409 g/mol. The van der Waals surface area contributed by atoms with Gasteiger partial charge in [0.1, 0.15) is 0 Å². The quantitative estimate of drug-likeness (QED) is 0.650. The maximum Gasteiger partial charge on any atom is 0.251 e. The van der Waals surface area contributed by atoms with Crippen LogP contribution in [-0.4, -0.2) is 23.0 Å². The van der Waals surface area contributed by atoms with Gasteiger partial charge in [-0.25, -0.2) is 0 Å². The summed E-state index contributed by atoms with van der Waals surface area (Å²) >= 11 is 5.26. The second-order valence-corrected chi connectivity index (χ2v) is 7.90. The molecule has 0 unspecified atom stereocenters. The molecule has 152 valence electrons. The molecule has 0 radical (unpaired) electrons. The van der Waals surface area contributed by atoms with Crippen LogP contribution in [-0.2, 0) is 11.2 Å². The van der Waals surface area contributed by atoms with E-state index in [1.807, 2.05) is 37.3 Å². The van der Waals surface area contributed by atoms with Crippen molar-refractivity contribution in [1.29, 1.82) is 0 Å². The molecule has 2 amide bonds. The lowest BCUT2D eigenvalue weighted by atomic mass is 9.95. The summed E-state index contributed by atoms with van der Waals surface area (Å²) < 4.78 is 0. The molecule has 0 heterocycles. The van der Waals surface area contributed by atoms with E-state index in [1.54, 1.807) is 18.2 Å². The summed E-state index contributed by atoms with van der Waals surface area (Å²) in [5.74, 6) is -0.252. The van der Waals surface area contributed by atoms with Crippen LogP contribution in [0.15, 0.2) is 48.5 Å². The number of carbonyl (C=O) groups is 2. The summed E-state index contributed by atoms with van der Waals surface area (Å²) in [7, 11) is 0. The highest BCUT2D eigenvalue weighted by Crippen LogP contribution is 2.18. The molecule has 0 aromatic heterocycles. The van der Waals surface area contributed by atoms with E-state index in [2.05, 4.69) is 16.0 Å². The molecule has 1 fully saturated rings. The summed E-state index contributed by atoms with van der Waals surface area (Å²) in [5, 5.41) is 9.02. The van der Waals surface area contributed by atoms with Crippen molar-refractivity contribution >= 4 is 34.8 Å². The van der Waals surface area contributed by atoms with E-state index in [1.165, 1.54) is 19.3 Å². The zero-order valence-electron chi connectivity index (χ0n) is 16.7. The molecule has 3 rings (SSSR count). The lowest BCUT2D eigenvalue weighted by molar-refractivity contribution is -0.119. The third-order valence-corrected chi connectivity index (χ3v) is 5.39. The van der Waals surface area contributed by atoms with E-state index < -0.39 is 0 Å². The minimum atomic E-state index is -0.178. The number of benzene rings is 2. The molecule has 3 N–H and O–H groups in total. The standard InChI is InChI=1S/C23H27N3O2S/c1-16-8-5-6-9-17(16)15-21(27)26-23(29)25-20-13-7-10-18(14-20)22(28)24-19-11-3-2-4-12-19/h5-10,13-14,19H,2-4,11-12,15H2,1H3,(H,24,28)(H2,25,26,27,29). The fourth-order valence-electron chi connectivity index (χ4n) is 3.57. The first-order chi connectivity index (χ1) is 14.0. The van der Waals surface area contributed by atoms with Gasteiger partial charge in [0.05, 0.1) is 6.42 Å². The van der Waals surface area contributed by atoms with Gasteiger partial charge in [0.15, 0.2) is 5.11 Å². The number of thiocarbonyl (C=S) groups is 1. The molecule has 1 aliphatic rings. The van der Waals surface area contributed by atoms with Gasteiger partial charge in [0.2, 0.25) is 5.91 Å². The maximum atomic E-state index is 12.5. The van der Waals surface area contributed by atoms with Crippen molar-refractivity contribution in [2.24, 2.45) is 0 Å². The van der Waals surface area contributed by atoms with Gasteiger partial charge in [0.25, 0.3) is 5.91 Å². The van der Waals surface area contributed by atoms with Crippen LogP contribution in [0.5, 0.6) is 0 Å². The van der Waals surface area contributed by atoms with Gasteiger partial charge < -0.3 is 16.0 Å². The largest absolute Gasteiger partial charge is 0.349 e. The minimum absolute atomic E-state index is 0.0740. The van der Waals surface area contributed by atoms with Gasteiger partial charge in [-0.1, -0.05) is 49.6 Å². The summed E-state index contributed by atoms with van der Waals surface area (Å²) in [4.78, 5) is 24.8. The fraction of sp³-hybridized carbons (Fsp3) is 0.348. The molecule has 6 heteroatoms. The van der Waals surface area contributed by atoms with Crippen LogP contribution in [0, 0.1) is 6.92 Å². The number of amides is 2. The van der Waals surface area contributed by atoms with E-state index in [9.17, 15) is 9.59 Å². The van der Waals surface area contributed by atoms with Gasteiger partial charge in [-0.05, 0) is 61.3 Å². The third-order valence-electron chi connectivity index (χ3n) is 5.19. The number of hydrogen-bond donors (Lipinski definition) is 3. The van der Waals surface area contributed by atoms with E-state index in [-0.39, 0.29) is 29.4 Å². The van der Waals surface area contributed by atoms with Gasteiger partial charge in [-0.15, -0.1) is 0 Å². The predicted octanol–water partition coefficient (Wildman–Crippen LogP) is 4.11. The highest BCUT2D eigenvalue weighted by Gasteiger charge is 2.17. The van der Waals surface area contributed by atoms with E-state index in [0.29, 0.717) is 11.3 Å². The normalized spacial score (nSPS) is 14.1. The molecular formula is C23H27N3O2S. The van der Waals surface area contributed by atoms with Crippen molar-refractivity contribution in [3.63, 3.8) is 0 Å². The second-order valence-electron chi connectivity index (χ2n) is 7.49. The molecule has 1 aliphatic carbocycles. The minimum Gasteiger partial charge on any atom is -0.349 e. The molecule has 2 aromatic rings. The average molecular weight is 410 g/mol. The molecule has 0 saturated heterocycles. The topological polar surface area (TPSA) is 70.2 Å². The number of rotatable bonds is 5. The number of carbonyl (C=O) groups excluding carboxylic acids is 2. The summed E-state index contributed by atoms with van der Waals surface area (Å²) in [6, 6.07) is 15.2. The first kappa shape index (κ1) is 21.0. The zero-order chi connectivity index (χ0) is 20.6. The second kappa shape index (κ2) is 10.2. The van der Waals surface area contributed by atoms with Crippen LogP contribution in [0.4, 0.5) is 5.69 Å². The smallest absolute Gasteiger partial charge is 0.251 e. The predicted molar refractivity (Wildman–Crippen MR) is 120 cm³/mol. The third kappa shape index (κ3) is 6.39. The Morgan fingerprint density at radius 3 is 2.55 bits per heavy atom. The Labute approximate surface area is 177 Å². The Kier molecular flexibility index (Phi) is 7.36. The Hall–Kier alpha value is -2.73. The molecular weight excluding hydrogens is 382 g/mol. The van der Waals surface area contributed by atoms with Crippen LogP contribution in [0.1, 0.15) is 53.6 Å². The van der Waals surface area contributed by atoms with E-state index in [4.69, 9.17) is 12.2 Å². The summed E-state index contributed by atoms with van der Waals surface area (Å²) in [6.45, 7) is 1.98. The number of aryl methyl sites for hydroxylation is 1. The molecule has 29 heavy (non-hydrogen) atoms. The zero-order valence-corrected chi connectivity index (χ0v) is 17.5. The highest BCUT2D eigenvalue weighted by molar-refractivity contribution is 7.80. The number of hydrogen-bond acceptors (Lipinski definition) is 3. The van der Waals surface area contributed by atoms with E-state index in [0.717, 1.165) is 24.0 Å². The Morgan fingerprint density at radius 2 is 1.79 bits per heavy atom. The molecule has 1 saturated carbocycles. The van der Waals surface area contributed by atoms with Crippen LogP contribution < -0.4 is 16.0 Å². The lowest BCUT2D eigenvalue weighted by Crippen LogP contribution is -2.36. The van der Waals surface area contributed by atoms with Crippen LogP contribution in [0.25, 0.3) is 0 Å². The van der Waals surface area contributed by atoms with Crippen LogP contribution in [0.3, 0.4) is 0 Å². The molecule has 0 spiro atoms. The molecule has 2 aromatic carbocycles. The van der Waals surface area contributed by atoms with Gasteiger partial charge in [-0.2, -0.15) is 0 Å². The Balaban J connectivity index is 1.53. The van der Waals surface area contributed by atoms with Crippen molar-refractivity contribution in [2.75, 3.05) is 5.32 Å². The molecule has 5 nitrogen and oxygen atoms in total. The van der Waals surface area contributed by atoms with Crippen molar-refractivity contribution < 1.29 is 9.59 Å². The SMILES string of the molecule is Cc1ccccc1CC(=O)NC(=S)Nc1cccc(C(=O)NC2CCCCC2)c1. The first-order valence-corrected chi connectivity index (χ1v) is 10.5. The number of nitrogens with one attached hydrogen (secondary N) is 3. The summed E-state index contributed by atoms with van der Waals surface area (Å²) in [5.41, 5.74) is 3.28. The first-order valence-electron chi connectivity index (χ1n) is 10.1. The van der Waals surface area contributed by atoms with Crippen molar-refractivity contribution in [2.45, 2.75) is 51.5 Å². The molecule has 0 aliphatic heterocycles. The van der Waals surface area contributed by atoms with Crippen LogP contribution >= 0.6 is 12.2 Å². The lowest BCUT2D eigenvalue weighted by Gasteiger charge is -2.22. The van der Waals surface area contributed by atoms with Crippen molar-refractivity contribution in [3.05, 3.63) is 65.2 Å². The van der Waals surface area contributed by atoms with E-state index >= 15 is 0 Å². The fourth-order valence-corrected chi connectivity index (χ4v) is 3.80. The van der Waals surface area contributed by atoms with Gasteiger partial charge in [0, 0.05) is 17.3 Å².